The van der Waals surface area contributed by atoms with Crippen LogP contribution in [0.4, 0.5) is 24.8 Å². The molecule has 3 aromatic rings. The van der Waals surface area contributed by atoms with Gasteiger partial charge in [-0.05, 0) is 35.9 Å². The zero-order chi connectivity index (χ0) is 24.7. The van der Waals surface area contributed by atoms with E-state index in [1.807, 2.05) is 11.0 Å². The van der Waals surface area contributed by atoms with Crippen molar-refractivity contribution in [3.63, 3.8) is 0 Å². The van der Waals surface area contributed by atoms with Crippen molar-refractivity contribution in [1.82, 2.24) is 15.0 Å². The Balaban J connectivity index is 1.40. The van der Waals surface area contributed by atoms with Crippen molar-refractivity contribution >= 4 is 45.8 Å². The maximum absolute atomic E-state index is 12.9. The summed E-state index contributed by atoms with van der Waals surface area (Å²) >= 11 is 0. The standard InChI is InChI=1S/C23H17F3N6O2S/c1-35(34)22-29-12-15-10-17(20-28-8-9-32(20)19(15)31-22)13-2-4-14(5-3-13)21(33)30-18-11-16(6-7-27-18)23(24,25)26/h2-7,10-12H,8-9H2,1H3,(H,27,30,33). The van der Waals surface area contributed by atoms with Crippen molar-refractivity contribution < 1.29 is 22.2 Å². The van der Waals surface area contributed by atoms with Crippen LogP contribution in [-0.2, 0) is 17.0 Å². The van der Waals surface area contributed by atoms with Crippen molar-refractivity contribution in [3.8, 4) is 0 Å². The van der Waals surface area contributed by atoms with Gasteiger partial charge in [0.1, 0.15) is 17.5 Å². The fraction of sp³-hybridized carbons (Fsp3) is 0.174. The Morgan fingerprint density at radius 1 is 1.14 bits per heavy atom. The summed E-state index contributed by atoms with van der Waals surface area (Å²) in [5, 5.41) is 2.64. The lowest BCUT2D eigenvalue weighted by Crippen LogP contribution is -2.32. The van der Waals surface area contributed by atoms with Crippen LogP contribution in [0.3, 0.4) is 0 Å². The van der Waals surface area contributed by atoms with Gasteiger partial charge in [0.25, 0.3) is 5.91 Å². The summed E-state index contributed by atoms with van der Waals surface area (Å²) < 4.78 is 50.5. The molecule has 35 heavy (non-hydrogen) atoms. The van der Waals surface area contributed by atoms with Gasteiger partial charge in [0.05, 0.1) is 22.9 Å². The van der Waals surface area contributed by atoms with Gasteiger partial charge in [-0.15, -0.1) is 0 Å². The number of benzene rings is 1. The molecule has 0 saturated heterocycles. The highest BCUT2D eigenvalue weighted by Gasteiger charge is 2.32. The third-order valence-electron chi connectivity index (χ3n) is 5.46. The summed E-state index contributed by atoms with van der Waals surface area (Å²) in [7, 11) is -1.31. The van der Waals surface area contributed by atoms with Crippen LogP contribution in [0.1, 0.15) is 27.0 Å². The third kappa shape index (κ3) is 4.44. The molecule has 2 aliphatic rings. The van der Waals surface area contributed by atoms with Crippen molar-refractivity contribution in [2.45, 2.75) is 11.3 Å². The van der Waals surface area contributed by atoms with E-state index in [9.17, 15) is 22.2 Å². The molecule has 1 aromatic carbocycles. The molecule has 0 radical (unpaired) electrons. The molecule has 4 heterocycles. The average Bonchev–Trinajstić information content (AvgIpc) is 3.33. The highest BCUT2D eigenvalue weighted by molar-refractivity contribution is 7.84. The van der Waals surface area contributed by atoms with Crippen molar-refractivity contribution in [2.75, 3.05) is 29.6 Å². The van der Waals surface area contributed by atoms with Crippen LogP contribution in [0, 0.1) is 0 Å². The van der Waals surface area contributed by atoms with E-state index in [1.54, 1.807) is 30.5 Å². The number of nitrogens with zero attached hydrogens (tertiary/aromatic N) is 5. The number of pyridine rings is 1. The summed E-state index contributed by atoms with van der Waals surface area (Å²) in [6.07, 6.45) is 1.49. The van der Waals surface area contributed by atoms with Crippen LogP contribution < -0.4 is 10.2 Å². The Hall–Kier alpha value is -3.93. The summed E-state index contributed by atoms with van der Waals surface area (Å²) in [5.74, 6) is 0.590. The van der Waals surface area contributed by atoms with Crippen LogP contribution in [0.5, 0.6) is 0 Å². The Morgan fingerprint density at radius 2 is 1.91 bits per heavy atom. The number of nitrogens with one attached hydrogen (secondary N) is 1. The molecule has 0 spiro atoms. The fourth-order valence-electron chi connectivity index (χ4n) is 3.80. The monoisotopic (exact) mass is 498 g/mol. The maximum atomic E-state index is 12.9. The minimum Gasteiger partial charge on any atom is -0.308 e. The van der Waals surface area contributed by atoms with Gasteiger partial charge in [-0.25, -0.2) is 15.0 Å². The van der Waals surface area contributed by atoms with Crippen LogP contribution in [0.25, 0.3) is 11.6 Å². The molecule has 5 rings (SSSR count). The van der Waals surface area contributed by atoms with Gasteiger partial charge >= 0.3 is 6.18 Å². The SMILES string of the molecule is CS(=O)c1ncc2c(n1)N1CCN=C1C(c1ccc(C(=O)Nc3cc(C(F)(F)F)ccn3)cc1)=C2. The second-order valence-electron chi connectivity index (χ2n) is 7.76. The summed E-state index contributed by atoms with van der Waals surface area (Å²) in [6.45, 7) is 1.20. The number of fused-ring (bicyclic) bond motifs is 3. The van der Waals surface area contributed by atoms with Gasteiger partial charge in [0.2, 0.25) is 5.16 Å². The molecule has 0 bridgehead atoms. The first kappa shape index (κ1) is 22.8. The number of amidine groups is 1. The van der Waals surface area contributed by atoms with Crippen molar-refractivity contribution in [2.24, 2.45) is 4.99 Å². The summed E-state index contributed by atoms with van der Waals surface area (Å²) in [4.78, 5) is 31.5. The van der Waals surface area contributed by atoms with E-state index in [4.69, 9.17) is 0 Å². The van der Waals surface area contributed by atoms with Gasteiger partial charge in [-0.3, -0.25) is 14.0 Å². The van der Waals surface area contributed by atoms with E-state index in [0.717, 1.165) is 40.9 Å². The van der Waals surface area contributed by atoms with Gasteiger partial charge in [0.15, 0.2) is 0 Å². The van der Waals surface area contributed by atoms with Crippen LogP contribution >= 0.6 is 0 Å². The number of alkyl halides is 3. The quantitative estimate of drug-likeness (QED) is 0.552. The fourth-order valence-corrected chi connectivity index (χ4v) is 4.22. The molecular weight excluding hydrogens is 481 g/mol. The Bertz CT molecular complexity index is 1420. The third-order valence-corrected chi connectivity index (χ3v) is 6.17. The molecule has 12 heteroatoms. The van der Waals surface area contributed by atoms with Gasteiger partial charge in [-0.1, -0.05) is 12.1 Å². The van der Waals surface area contributed by atoms with Gasteiger partial charge in [0, 0.05) is 41.9 Å². The zero-order valence-electron chi connectivity index (χ0n) is 18.2. The first-order chi connectivity index (χ1) is 16.7. The Labute approximate surface area is 200 Å². The number of anilines is 2. The van der Waals surface area contributed by atoms with Crippen LogP contribution in [0.2, 0.25) is 0 Å². The number of amides is 1. The number of carbonyl (C=O) groups excluding carboxylic acids is 1. The Morgan fingerprint density at radius 3 is 2.63 bits per heavy atom. The molecule has 178 valence electrons. The number of aliphatic imine (C=N–C) groups is 1. The highest BCUT2D eigenvalue weighted by atomic mass is 32.2. The lowest BCUT2D eigenvalue weighted by molar-refractivity contribution is -0.137. The van der Waals surface area contributed by atoms with Gasteiger partial charge < -0.3 is 10.2 Å². The minimum absolute atomic E-state index is 0.191. The van der Waals surface area contributed by atoms with E-state index in [2.05, 4.69) is 25.3 Å². The van der Waals surface area contributed by atoms with E-state index in [0.29, 0.717) is 18.9 Å². The molecule has 1 N–H and O–H groups in total. The zero-order valence-corrected chi connectivity index (χ0v) is 19.0. The molecule has 1 unspecified atom stereocenters. The molecular formula is C23H17F3N6O2S. The molecule has 2 aliphatic heterocycles. The minimum atomic E-state index is -4.53. The number of carbonyl (C=O) groups is 1. The molecule has 1 atom stereocenters. The first-order valence-electron chi connectivity index (χ1n) is 10.4. The van der Waals surface area contributed by atoms with E-state index < -0.39 is 28.4 Å². The molecule has 0 saturated carbocycles. The molecule has 1 amide bonds. The maximum Gasteiger partial charge on any atom is 0.416 e. The predicted molar refractivity (Wildman–Crippen MR) is 126 cm³/mol. The summed E-state index contributed by atoms with van der Waals surface area (Å²) in [6, 6.07) is 8.25. The van der Waals surface area contributed by atoms with Crippen LogP contribution in [-0.4, -0.2) is 50.2 Å². The molecule has 0 aliphatic carbocycles. The lowest BCUT2D eigenvalue weighted by atomic mass is 9.97. The molecule has 0 fully saturated rings. The smallest absolute Gasteiger partial charge is 0.308 e. The average molecular weight is 498 g/mol. The predicted octanol–water partition coefficient (Wildman–Crippen LogP) is 3.65. The van der Waals surface area contributed by atoms with E-state index in [1.165, 1.54) is 6.26 Å². The highest BCUT2D eigenvalue weighted by Crippen LogP contribution is 2.35. The number of aromatic nitrogens is 3. The second kappa shape index (κ2) is 8.69. The van der Waals surface area contributed by atoms with Crippen molar-refractivity contribution in [1.29, 1.82) is 0 Å². The molecule has 2 aromatic heterocycles. The number of rotatable bonds is 4. The second-order valence-corrected chi connectivity index (χ2v) is 9.03. The number of hydrogen-bond donors (Lipinski definition) is 1. The number of halogens is 3. The summed E-state index contributed by atoms with van der Waals surface area (Å²) in [5.41, 5.74) is 1.72. The largest absolute Gasteiger partial charge is 0.416 e. The number of hydrogen-bond acceptors (Lipinski definition) is 7. The van der Waals surface area contributed by atoms with E-state index >= 15 is 0 Å². The van der Waals surface area contributed by atoms with Gasteiger partial charge in [-0.2, -0.15) is 13.2 Å². The normalized spacial score (nSPS) is 15.6. The first-order valence-corrected chi connectivity index (χ1v) is 12.0. The molecule has 8 nitrogen and oxygen atoms in total. The Kier molecular flexibility index (Phi) is 5.67. The van der Waals surface area contributed by atoms with E-state index in [-0.39, 0.29) is 16.5 Å². The topological polar surface area (TPSA) is 100 Å². The lowest BCUT2D eigenvalue weighted by Gasteiger charge is -2.27. The van der Waals surface area contributed by atoms with Crippen molar-refractivity contribution in [3.05, 3.63) is 71.0 Å². The van der Waals surface area contributed by atoms with Crippen LogP contribution in [0.15, 0.2) is 58.9 Å².